The van der Waals surface area contributed by atoms with Crippen LogP contribution in [0.15, 0.2) is 10.2 Å². The minimum atomic E-state index is -2.44. The van der Waals surface area contributed by atoms with Crippen LogP contribution < -0.4 is 0 Å². The summed E-state index contributed by atoms with van der Waals surface area (Å²) in [7, 11) is -3.57. The van der Waals surface area contributed by atoms with E-state index in [1.54, 1.807) is 0 Å². The number of aliphatic hydroxyl groups is 1. The number of unbranched alkanes of at least 4 members (excludes halogenated alkanes) is 3. The van der Waals surface area contributed by atoms with E-state index in [2.05, 4.69) is 95.9 Å². The zero-order valence-electron chi connectivity index (χ0n) is 23.5. The van der Waals surface area contributed by atoms with Gasteiger partial charge in [-0.3, -0.25) is 0 Å². The molecule has 2 nitrogen and oxygen atoms in total. The minimum absolute atomic E-state index is 0.109. The Kier molecular flexibility index (Phi) is 15.0. The van der Waals surface area contributed by atoms with Gasteiger partial charge in [-0.2, -0.15) is 0 Å². The SMILES string of the molecule is CCC[CH2][Sn](/[CH]=C/[C@@H](O[Si](C)(C)C(C)(C)C)[C@H](O)C#C[Si](C)(C)C)([CH2]CCC)[CH2]CCC. The molecule has 0 aromatic heterocycles. The molecule has 0 aliphatic rings. The summed E-state index contributed by atoms with van der Waals surface area (Å²) >= 11 is -2.44. The Morgan fingerprint density at radius 1 is 0.875 bits per heavy atom. The molecule has 0 aliphatic heterocycles. The quantitative estimate of drug-likeness (QED) is 0.163. The van der Waals surface area contributed by atoms with Crippen LogP contribution in [0, 0.1) is 11.5 Å². The third kappa shape index (κ3) is 12.8. The van der Waals surface area contributed by atoms with Crippen LogP contribution in [0.4, 0.5) is 0 Å². The van der Waals surface area contributed by atoms with Gasteiger partial charge in [0.1, 0.15) is 0 Å². The summed E-state index contributed by atoms with van der Waals surface area (Å²) in [6, 6.07) is 0. The Morgan fingerprint density at radius 3 is 1.66 bits per heavy atom. The van der Waals surface area contributed by atoms with E-state index in [0.29, 0.717) is 0 Å². The molecule has 2 atom stereocenters. The average molecular weight is 588 g/mol. The third-order valence-electron chi connectivity index (χ3n) is 6.87. The van der Waals surface area contributed by atoms with Crippen LogP contribution in [0.2, 0.25) is 51.1 Å². The predicted octanol–water partition coefficient (Wildman–Crippen LogP) is 8.56. The normalized spacial score (nSPS) is 15.5. The molecule has 0 saturated carbocycles. The molecule has 0 saturated heterocycles. The zero-order valence-corrected chi connectivity index (χ0v) is 28.4. The number of hydrogen-bond acceptors (Lipinski definition) is 2. The number of rotatable bonds is 14. The molecule has 188 valence electrons. The van der Waals surface area contributed by atoms with Gasteiger partial charge in [0.15, 0.2) is 0 Å². The summed E-state index contributed by atoms with van der Waals surface area (Å²) in [6.45, 7) is 25.0. The monoisotopic (exact) mass is 588 g/mol. The molecule has 0 radical (unpaired) electrons. The van der Waals surface area contributed by atoms with Crippen molar-refractivity contribution in [3.63, 3.8) is 0 Å². The Bertz CT molecular complexity index is 584. The molecule has 0 aromatic carbocycles. The van der Waals surface area contributed by atoms with Gasteiger partial charge in [-0.1, -0.05) is 0 Å². The molecule has 32 heavy (non-hydrogen) atoms. The molecule has 0 rings (SSSR count). The van der Waals surface area contributed by atoms with Gasteiger partial charge in [0.05, 0.1) is 0 Å². The van der Waals surface area contributed by atoms with Gasteiger partial charge in [0.25, 0.3) is 0 Å². The zero-order chi connectivity index (χ0) is 25.1. The summed E-state index contributed by atoms with van der Waals surface area (Å²) < 4.78 is 13.7. The second-order valence-corrected chi connectivity index (χ2v) is 34.9. The summed E-state index contributed by atoms with van der Waals surface area (Å²) in [5.41, 5.74) is 3.38. The van der Waals surface area contributed by atoms with Gasteiger partial charge in [0.2, 0.25) is 0 Å². The fourth-order valence-electron chi connectivity index (χ4n) is 3.61. The van der Waals surface area contributed by atoms with Gasteiger partial charge in [-0.15, -0.1) is 0 Å². The fraction of sp³-hybridized carbons (Fsp3) is 0.852. The van der Waals surface area contributed by atoms with Crippen molar-refractivity contribution in [2.75, 3.05) is 0 Å². The van der Waals surface area contributed by atoms with E-state index in [0.717, 1.165) is 0 Å². The molecular weight excluding hydrogens is 531 g/mol. The Hall–Kier alpha value is 0.452. The van der Waals surface area contributed by atoms with E-state index >= 15 is 0 Å². The van der Waals surface area contributed by atoms with Crippen molar-refractivity contribution in [2.24, 2.45) is 0 Å². The van der Waals surface area contributed by atoms with E-state index < -0.39 is 40.9 Å². The second kappa shape index (κ2) is 14.8. The molecule has 0 unspecified atom stereocenters. The average Bonchev–Trinajstić information content (AvgIpc) is 2.68. The van der Waals surface area contributed by atoms with Crippen LogP contribution >= 0.6 is 0 Å². The van der Waals surface area contributed by atoms with Gasteiger partial charge in [-0.25, -0.2) is 0 Å². The molecule has 1 N–H and O–H groups in total. The molecule has 0 fully saturated rings. The van der Waals surface area contributed by atoms with Gasteiger partial charge in [0, 0.05) is 0 Å². The maximum absolute atomic E-state index is 11.1. The summed E-state index contributed by atoms with van der Waals surface area (Å²) in [5.74, 6) is 3.20. The van der Waals surface area contributed by atoms with Crippen molar-refractivity contribution < 1.29 is 9.53 Å². The summed E-state index contributed by atoms with van der Waals surface area (Å²) in [5, 5.41) is 11.3. The first-order chi connectivity index (χ1) is 14.6. The first-order valence-electron chi connectivity index (χ1n) is 13.2. The predicted molar refractivity (Wildman–Crippen MR) is 153 cm³/mol. The topological polar surface area (TPSA) is 29.5 Å². The number of hydrogen-bond donors (Lipinski definition) is 1. The molecule has 0 aliphatic carbocycles. The fourth-order valence-corrected chi connectivity index (χ4v) is 19.8. The van der Waals surface area contributed by atoms with Crippen molar-refractivity contribution in [3.05, 3.63) is 10.2 Å². The van der Waals surface area contributed by atoms with Crippen LogP contribution in [0.5, 0.6) is 0 Å². The van der Waals surface area contributed by atoms with Crippen LogP contribution in [0.25, 0.3) is 0 Å². The summed E-state index contributed by atoms with van der Waals surface area (Å²) in [4.78, 5) is 0. The van der Waals surface area contributed by atoms with Gasteiger partial charge < -0.3 is 0 Å². The van der Waals surface area contributed by atoms with E-state index in [4.69, 9.17) is 4.43 Å². The molecule has 0 heterocycles. The van der Waals surface area contributed by atoms with Crippen LogP contribution in [-0.4, -0.2) is 52.1 Å². The maximum atomic E-state index is 11.1. The van der Waals surface area contributed by atoms with E-state index in [1.807, 2.05) is 0 Å². The molecule has 0 amide bonds. The van der Waals surface area contributed by atoms with E-state index in [-0.39, 0.29) is 11.1 Å². The van der Waals surface area contributed by atoms with E-state index in [1.165, 1.54) is 51.8 Å². The first-order valence-corrected chi connectivity index (χ1v) is 27.3. The van der Waals surface area contributed by atoms with Crippen LogP contribution in [0.3, 0.4) is 0 Å². The van der Waals surface area contributed by atoms with Crippen molar-refractivity contribution >= 4 is 34.8 Å². The molecule has 0 spiro atoms. The van der Waals surface area contributed by atoms with E-state index in [9.17, 15) is 5.11 Å². The van der Waals surface area contributed by atoms with Crippen molar-refractivity contribution in [1.82, 2.24) is 0 Å². The number of aliphatic hydroxyl groups excluding tert-OH is 1. The van der Waals surface area contributed by atoms with Crippen molar-refractivity contribution in [1.29, 1.82) is 0 Å². The van der Waals surface area contributed by atoms with Crippen molar-refractivity contribution in [3.8, 4) is 11.5 Å². The third-order valence-corrected chi connectivity index (χ3v) is 26.4. The Morgan fingerprint density at radius 2 is 1.31 bits per heavy atom. The molecular formula is C27H56O2Si2Sn. The van der Waals surface area contributed by atoms with Gasteiger partial charge >= 0.3 is 209 Å². The summed E-state index contributed by atoms with van der Waals surface area (Å²) in [6.07, 6.45) is 9.12. The molecule has 0 bridgehead atoms. The first kappa shape index (κ1) is 32.5. The molecule has 0 aromatic rings. The Balaban J connectivity index is 6.14. The Labute approximate surface area is 208 Å². The second-order valence-electron chi connectivity index (χ2n) is 12.3. The standard InChI is InChI=1S/C15H29O2Si2.3C4H9.Sn/c1-10-14(13(16)11-12-18(5,6)7)17-19(8,9)15(2,3)4;3*1-3-4-2;/h1,10,13-14,16H,2-9H3;3*1,3-4H2,2H3;/t13-,14-;;;;/m1..../s1. The van der Waals surface area contributed by atoms with Crippen LogP contribution in [0.1, 0.15) is 80.1 Å². The van der Waals surface area contributed by atoms with Gasteiger partial charge in [-0.05, 0) is 0 Å². The molecule has 5 heteroatoms. The van der Waals surface area contributed by atoms with Crippen molar-refractivity contribution in [2.45, 2.75) is 143 Å². The van der Waals surface area contributed by atoms with Crippen LogP contribution in [-0.2, 0) is 4.43 Å².